The first-order valence-electron chi connectivity index (χ1n) is 3.77. The Morgan fingerprint density at radius 3 is 2.75 bits per heavy atom. The monoisotopic (exact) mass is 189 g/mol. The standard InChI is InChI=1S/C7H11NO3S/c8-7(10)4-12(11)6-2-1-5(9)3-6/h6H,1-4H2,(H2,8,10). The first kappa shape index (κ1) is 9.38. The summed E-state index contributed by atoms with van der Waals surface area (Å²) in [6.07, 6.45) is 1.48. The van der Waals surface area contributed by atoms with E-state index < -0.39 is 16.7 Å². The van der Waals surface area contributed by atoms with E-state index in [1.807, 2.05) is 0 Å². The summed E-state index contributed by atoms with van der Waals surface area (Å²) in [4.78, 5) is 21.2. The van der Waals surface area contributed by atoms with Gasteiger partial charge in [0.05, 0.1) is 0 Å². The van der Waals surface area contributed by atoms with Crippen LogP contribution in [0.5, 0.6) is 0 Å². The number of amides is 1. The van der Waals surface area contributed by atoms with E-state index in [-0.39, 0.29) is 16.8 Å². The third-order valence-electron chi connectivity index (χ3n) is 1.86. The van der Waals surface area contributed by atoms with E-state index in [1.54, 1.807) is 0 Å². The predicted octanol–water partition coefficient (Wildman–Crippen LogP) is -0.658. The molecule has 0 heterocycles. The van der Waals surface area contributed by atoms with Gasteiger partial charge < -0.3 is 5.73 Å². The molecular weight excluding hydrogens is 178 g/mol. The zero-order valence-electron chi connectivity index (χ0n) is 6.62. The Balaban J connectivity index is 2.43. The molecule has 5 heteroatoms. The van der Waals surface area contributed by atoms with Crippen molar-refractivity contribution in [2.45, 2.75) is 24.5 Å². The van der Waals surface area contributed by atoms with Crippen LogP contribution in [0, 0.1) is 0 Å². The van der Waals surface area contributed by atoms with Crippen LogP contribution in [0.1, 0.15) is 19.3 Å². The van der Waals surface area contributed by atoms with Crippen LogP contribution >= 0.6 is 0 Å². The lowest BCUT2D eigenvalue weighted by atomic mass is 10.4. The average Bonchev–Trinajstić information content (AvgIpc) is 2.34. The molecule has 0 bridgehead atoms. The Kier molecular flexibility index (Phi) is 2.97. The number of nitrogens with two attached hydrogens (primary N) is 1. The molecule has 0 aromatic heterocycles. The fraction of sp³-hybridized carbons (Fsp3) is 0.714. The van der Waals surface area contributed by atoms with E-state index in [1.165, 1.54) is 0 Å². The van der Waals surface area contributed by atoms with Crippen LogP contribution in [0.3, 0.4) is 0 Å². The molecule has 2 N–H and O–H groups in total. The number of carbonyl (C=O) groups is 2. The molecule has 1 saturated carbocycles. The number of rotatable bonds is 3. The highest BCUT2D eigenvalue weighted by Gasteiger charge is 2.27. The van der Waals surface area contributed by atoms with Crippen LogP contribution in [-0.2, 0) is 20.4 Å². The summed E-state index contributed by atoms with van der Waals surface area (Å²) >= 11 is 0. The van der Waals surface area contributed by atoms with Gasteiger partial charge in [-0.1, -0.05) is 0 Å². The lowest BCUT2D eigenvalue weighted by Gasteiger charge is -2.04. The number of hydrogen-bond acceptors (Lipinski definition) is 3. The van der Waals surface area contributed by atoms with E-state index in [4.69, 9.17) is 5.73 Å². The molecule has 68 valence electrons. The van der Waals surface area contributed by atoms with Crippen molar-refractivity contribution < 1.29 is 13.8 Å². The fourth-order valence-electron chi connectivity index (χ4n) is 1.26. The normalized spacial score (nSPS) is 25.7. The smallest absolute Gasteiger partial charge is 0.230 e. The molecule has 0 radical (unpaired) electrons. The van der Waals surface area contributed by atoms with Crippen LogP contribution in [0.2, 0.25) is 0 Å². The van der Waals surface area contributed by atoms with E-state index in [2.05, 4.69) is 0 Å². The Bertz CT molecular complexity index is 239. The van der Waals surface area contributed by atoms with Crippen LogP contribution in [-0.4, -0.2) is 26.9 Å². The van der Waals surface area contributed by atoms with Gasteiger partial charge in [-0.05, 0) is 6.42 Å². The summed E-state index contributed by atoms with van der Waals surface area (Å²) in [5, 5.41) is -0.134. The molecule has 0 aromatic carbocycles. The molecule has 0 aliphatic heterocycles. The van der Waals surface area contributed by atoms with Crippen molar-refractivity contribution >= 4 is 22.5 Å². The number of hydrogen-bond donors (Lipinski definition) is 1. The Morgan fingerprint density at radius 1 is 1.67 bits per heavy atom. The highest BCUT2D eigenvalue weighted by atomic mass is 32.2. The van der Waals surface area contributed by atoms with Crippen molar-refractivity contribution in [3.05, 3.63) is 0 Å². The number of ketones is 1. The van der Waals surface area contributed by atoms with Gasteiger partial charge in [0.2, 0.25) is 5.91 Å². The molecule has 0 aromatic rings. The highest BCUT2D eigenvalue weighted by molar-refractivity contribution is 7.86. The predicted molar refractivity (Wildman–Crippen MR) is 44.8 cm³/mol. The summed E-state index contributed by atoms with van der Waals surface area (Å²) in [6, 6.07) is 0. The average molecular weight is 189 g/mol. The molecular formula is C7H11NO3S. The lowest BCUT2D eigenvalue weighted by Crippen LogP contribution is -2.25. The minimum atomic E-state index is -1.24. The maximum absolute atomic E-state index is 11.3. The molecule has 1 rings (SSSR count). The summed E-state index contributed by atoms with van der Waals surface area (Å²) in [5.41, 5.74) is 4.88. The molecule has 2 unspecified atom stereocenters. The minimum Gasteiger partial charge on any atom is -0.369 e. The van der Waals surface area contributed by atoms with Crippen molar-refractivity contribution in [3.63, 3.8) is 0 Å². The molecule has 1 aliphatic carbocycles. The first-order chi connectivity index (χ1) is 5.59. The van der Waals surface area contributed by atoms with Crippen LogP contribution in [0.4, 0.5) is 0 Å². The molecule has 0 saturated heterocycles. The van der Waals surface area contributed by atoms with Crippen molar-refractivity contribution in [1.29, 1.82) is 0 Å². The highest BCUT2D eigenvalue weighted by Crippen LogP contribution is 2.19. The van der Waals surface area contributed by atoms with Crippen LogP contribution in [0.15, 0.2) is 0 Å². The second-order valence-corrected chi connectivity index (χ2v) is 4.61. The molecule has 1 amide bonds. The number of Topliss-reactive ketones (excluding diaryl/α,β-unsaturated/α-hetero) is 1. The Morgan fingerprint density at radius 2 is 2.33 bits per heavy atom. The first-order valence-corrected chi connectivity index (χ1v) is 5.15. The van der Waals surface area contributed by atoms with Gasteiger partial charge in [-0.25, -0.2) is 0 Å². The zero-order chi connectivity index (χ0) is 9.14. The van der Waals surface area contributed by atoms with Gasteiger partial charge in [0.15, 0.2) is 0 Å². The Labute approximate surface area is 73.0 Å². The third-order valence-corrected chi connectivity index (χ3v) is 3.57. The molecule has 0 spiro atoms. The quantitative estimate of drug-likeness (QED) is 0.640. The van der Waals surface area contributed by atoms with Crippen LogP contribution < -0.4 is 5.73 Å². The second-order valence-electron chi connectivity index (χ2n) is 2.89. The Hall–Kier alpha value is -0.710. The molecule has 4 nitrogen and oxygen atoms in total. The van der Waals surface area contributed by atoms with E-state index in [0.717, 1.165) is 0 Å². The number of carbonyl (C=O) groups excluding carboxylic acids is 2. The summed E-state index contributed by atoms with van der Waals surface area (Å²) in [6.45, 7) is 0. The van der Waals surface area contributed by atoms with E-state index in [0.29, 0.717) is 19.3 Å². The minimum absolute atomic E-state index is 0.113. The third kappa shape index (κ3) is 2.41. The largest absolute Gasteiger partial charge is 0.369 e. The summed E-state index contributed by atoms with van der Waals surface area (Å²) in [5.74, 6) is -0.539. The maximum atomic E-state index is 11.3. The van der Waals surface area contributed by atoms with E-state index >= 15 is 0 Å². The molecule has 1 fully saturated rings. The molecule has 1 aliphatic rings. The fourth-order valence-corrected chi connectivity index (χ4v) is 2.53. The van der Waals surface area contributed by atoms with Gasteiger partial charge in [-0.15, -0.1) is 0 Å². The summed E-state index contributed by atoms with van der Waals surface area (Å²) < 4.78 is 11.3. The van der Waals surface area contributed by atoms with Crippen LogP contribution in [0.25, 0.3) is 0 Å². The topological polar surface area (TPSA) is 77.2 Å². The van der Waals surface area contributed by atoms with Gasteiger partial charge >= 0.3 is 0 Å². The number of primary amides is 1. The second kappa shape index (κ2) is 3.80. The van der Waals surface area contributed by atoms with Gasteiger partial charge in [0, 0.05) is 28.9 Å². The van der Waals surface area contributed by atoms with Gasteiger partial charge in [0.1, 0.15) is 11.5 Å². The van der Waals surface area contributed by atoms with Gasteiger partial charge in [-0.2, -0.15) is 0 Å². The lowest BCUT2D eigenvalue weighted by molar-refractivity contribution is -0.117. The van der Waals surface area contributed by atoms with Gasteiger partial charge in [0.25, 0.3) is 0 Å². The van der Waals surface area contributed by atoms with Crippen molar-refractivity contribution in [2.24, 2.45) is 5.73 Å². The van der Waals surface area contributed by atoms with E-state index in [9.17, 15) is 13.8 Å². The maximum Gasteiger partial charge on any atom is 0.230 e. The zero-order valence-corrected chi connectivity index (χ0v) is 7.43. The van der Waals surface area contributed by atoms with Crippen molar-refractivity contribution in [1.82, 2.24) is 0 Å². The van der Waals surface area contributed by atoms with Crippen molar-refractivity contribution in [2.75, 3.05) is 5.75 Å². The van der Waals surface area contributed by atoms with Gasteiger partial charge in [-0.3, -0.25) is 13.8 Å². The van der Waals surface area contributed by atoms with Crippen molar-refractivity contribution in [3.8, 4) is 0 Å². The molecule has 12 heavy (non-hydrogen) atoms. The molecule has 2 atom stereocenters. The summed E-state index contributed by atoms with van der Waals surface area (Å²) in [7, 11) is -1.24. The SMILES string of the molecule is NC(=O)CS(=O)C1CCC(=O)C1.